The number of hydrogen-bond donors (Lipinski definition) is 0. The fraction of sp³-hybridized carbons (Fsp3) is 0.350. The predicted molar refractivity (Wildman–Crippen MR) is 100 cm³/mol. The van der Waals surface area contributed by atoms with Gasteiger partial charge in [0.05, 0.1) is 5.69 Å². The highest BCUT2D eigenvalue weighted by molar-refractivity contribution is 5.94. The molecule has 6 heteroatoms. The number of hydrogen-bond acceptors (Lipinski definition) is 6. The molecule has 6 nitrogen and oxygen atoms in total. The van der Waals surface area contributed by atoms with Crippen molar-refractivity contribution in [2.24, 2.45) is 5.92 Å². The Morgan fingerprint density at radius 3 is 2.58 bits per heavy atom. The third kappa shape index (κ3) is 3.54. The minimum absolute atomic E-state index is 0.142. The number of nitrogens with zero attached hydrogens (tertiary/aromatic N) is 5. The third-order valence-corrected chi connectivity index (χ3v) is 5.04. The Hall–Kier alpha value is -2.89. The topological polar surface area (TPSA) is 71.9 Å². The van der Waals surface area contributed by atoms with Gasteiger partial charge in [0, 0.05) is 44.3 Å². The van der Waals surface area contributed by atoms with Crippen LogP contribution in [0.3, 0.4) is 0 Å². The number of anilines is 1. The van der Waals surface area contributed by atoms with Crippen LogP contribution in [-0.4, -0.2) is 38.8 Å². The number of carbonyl (C=O) groups excluding carboxylic acids is 1. The van der Waals surface area contributed by atoms with Crippen molar-refractivity contribution in [2.45, 2.75) is 25.7 Å². The number of carbonyl (C=O) groups is 1. The molecule has 1 aliphatic rings. The van der Waals surface area contributed by atoms with Gasteiger partial charge in [-0.15, -0.1) is 0 Å². The summed E-state index contributed by atoms with van der Waals surface area (Å²) >= 11 is 0. The van der Waals surface area contributed by atoms with Crippen LogP contribution < -0.4 is 4.90 Å². The molecule has 0 amide bonds. The minimum Gasteiger partial charge on any atom is -0.370 e. The van der Waals surface area contributed by atoms with Gasteiger partial charge < -0.3 is 4.90 Å². The van der Waals surface area contributed by atoms with Crippen LogP contribution in [0.4, 0.5) is 5.69 Å². The van der Waals surface area contributed by atoms with Crippen LogP contribution in [0.2, 0.25) is 0 Å². The summed E-state index contributed by atoms with van der Waals surface area (Å²) in [6, 6.07) is 7.50. The molecule has 0 unspecified atom stereocenters. The fourth-order valence-corrected chi connectivity index (χ4v) is 3.57. The molecule has 0 radical (unpaired) electrons. The number of fused-ring (bicyclic) bond motifs is 1. The van der Waals surface area contributed by atoms with Crippen molar-refractivity contribution in [3.63, 3.8) is 0 Å². The maximum atomic E-state index is 12.2. The van der Waals surface area contributed by atoms with E-state index in [1.54, 1.807) is 30.9 Å². The second kappa shape index (κ2) is 7.56. The van der Waals surface area contributed by atoms with Crippen LogP contribution in [0, 0.1) is 5.92 Å². The van der Waals surface area contributed by atoms with E-state index in [1.165, 1.54) is 0 Å². The zero-order valence-electron chi connectivity index (χ0n) is 14.6. The van der Waals surface area contributed by atoms with Crippen LogP contribution in [0.15, 0.2) is 49.1 Å². The minimum atomic E-state index is 0.142. The summed E-state index contributed by atoms with van der Waals surface area (Å²) in [5, 5.41) is 0. The molecule has 1 saturated heterocycles. The highest BCUT2D eigenvalue weighted by Crippen LogP contribution is 2.29. The van der Waals surface area contributed by atoms with Gasteiger partial charge in [-0.25, -0.2) is 15.0 Å². The van der Waals surface area contributed by atoms with Crippen molar-refractivity contribution in [1.29, 1.82) is 0 Å². The van der Waals surface area contributed by atoms with E-state index in [0.717, 1.165) is 43.6 Å². The van der Waals surface area contributed by atoms with Gasteiger partial charge in [0.2, 0.25) is 0 Å². The summed E-state index contributed by atoms with van der Waals surface area (Å²) in [5.74, 6) is 0.724. The third-order valence-electron chi connectivity index (χ3n) is 5.04. The number of aromatic nitrogens is 4. The molecule has 1 fully saturated rings. The molecule has 0 N–H and O–H groups in total. The summed E-state index contributed by atoms with van der Waals surface area (Å²) in [7, 11) is 0. The molecule has 0 aromatic carbocycles. The molecular weight excluding hydrogens is 326 g/mol. The first-order valence-corrected chi connectivity index (χ1v) is 9.06. The highest BCUT2D eigenvalue weighted by Gasteiger charge is 2.22. The molecule has 26 heavy (non-hydrogen) atoms. The highest BCUT2D eigenvalue weighted by atomic mass is 16.1. The quantitative estimate of drug-likeness (QED) is 0.660. The summed E-state index contributed by atoms with van der Waals surface area (Å²) in [6.07, 6.45) is 10.5. The summed E-state index contributed by atoms with van der Waals surface area (Å²) in [5.41, 5.74) is 3.23. The van der Waals surface area contributed by atoms with Crippen molar-refractivity contribution in [3.8, 4) is 0 Å². The lowest BCUT2D eigenvalue weighted by molar-refractivity contribution is 0.0966. The molecule has 0 spiro atoms. The Labute approximate surface area is 152 Å². The fourth-order valence-electron chi connectivity index (χ4n) is 3.57. The average Bonchev–Trinajstić information content (AvgIpc) is 2.72. The van der Waals surface area contributed by atoms with Gasteiger partial charge in [-0.3, -0.25) is 9.78 Å². The van der Waals surface area contributed by atoms with E-state index in [1.807, 2.05) is 18.2 Å². The Kier molecular flexibility index (Phi) is 4.82. The van der Waals surface area contributed by atoms with Crippen molar-refractivity contribution >= 4 is 22.6 Å². The number of piperidine rings is 1. The van der Waals surface area contributed by atoms with E-state index >= 15 is 0 Å². The van der Waals surface area contributed by atoms with E-state index in [9.17, 15) is 4.79 Å². The number of rotatable bonds is 5. The number of ketones is 1. The van der Waals surface area contributed by atoms with Crippen LogP contribution in [0.1, 0.15) is 36.2 Å². The smallest absolute Gasteiger partial charge is 0.181 e. The van der Waals surface area contributed by atoms with Crippen molar-refractivity contribution in [1.82, 2.24) is 19.9 Å². The molecular formula is C20H21N5O. The van der Waals surface area contributed by atoms with Gasteiger partial charge in [0.1, 0.15) is 11.2 Å². The largest absolute Gasteiger partial charge is 0.370 e. The molecule has 1 aliphatic heterocycles. The number of Topliss-reactive ketones (excluding diaryl/α,β-unsaturated/α-hetero) is 1. The molecule has 3 aromatic rings. The zero-order chi connectivity index (χ0) is 17.8. The monoisotopic (exact) mass is 347 g/mol. The van der Waals surface area contributed by atoms with Gasteiger partial charge >= 0.3 is 0 Å². The molecule has 132 valence electrons. The Morgan fingerprint density at radius 2 is 1.77 bits per heavy atom. The summed E-state index contributed by atoms with van der Waals surface area (Å²) < 4.78 is 0. The normalized spacial score (nSPS) is 15.3. The first-order chi connectivity index (χ1) is 12.8. The molecule has 0 aliphatic carbocycles. The Morgan fingerprint density at radius 1 is 0.962 bits per heavy atom. The van der Waals surface area contributed by atoms with Crippen molar-refractivity contribution in [2.75, 3.05) is 18.0 Å². The van der Waals surface area contributed by atoms with Crippen LogP contribution in [0.5, 0.6) is 0 Å². The Bertz CT molecular complexity index is 886. The van der Waals surface area contributed by atoms with Crippen LogP contribution in [-0.2, 0) is 0 Å². The molecule has 3 aromatic heterocycles. The average molecular weight is 347 g/mol. The standard InChI is InChI=1S/C20H21N5O/c26-18(16-3-1-2-9-21-16)5-4-15-7-13-25(14-8-15)17-6-10-23-20-19(17)22-11-12-24-20/h1-3,6,9-12,15H,4-5,7-8,13-14H2. The van der Waals surface area contributed by atoms with E-state index < -0.39 is 0 Å². The van der Waals surface area contributed by atoms with Crippen molar-refractivity contribution < 1.29 is 4.79 Å². The van der Waals surface area contributed by atoms with E-state index in [4.69, 9.17) is 0 Å². The second-order valence-electron chi connectivity index (χ2n) is 6.67. The lowest BCUT2D eigenvalue weighted by Crippen LogP contribution is -2.34. The van der Waals surface area contributed by atoms with E-state index in [0.29, 0.717) is 23.7 Å². The molecule has 4 heterocycles. The van der Waals surface area contributed by atoms with E-state index in [2.05, 4.69) is 24.8 Å². The van der Waals surface area contributed by atoms with Crippen molar-refractivity contribution in [3.05, 3.63) is 54.7 Å². The van der Waals surface area contributed by atoms with Crippen LogP contribution in [0.25, 0.3) is 11.2 Å². The van der Waals surface area contributed by atoms with Gasteiger partial charge in [-0.2, -0.15) is 0 Å². The predicted octanol–water partition coefficient (Wildman–Crippen LogP) is 3.30. The zero-order valence-corrected chi connectivity index (χ0v) is 14.6. The number of pyridine rings is 2. The molecule has 0 atom stereocenters. The van der Waals surface area contributed by atoms with Gasteiger partial charge in [0.15, 0.2) is 11.4 Å². The molecule has 0 bridgehead atoms. The first-order valence-electron chi connectivity index (χ1n) is 9.06. The maximum absolute atomic E-state index is 12.2. The summed E-state index contributed by atoms with van der Waals surface area (Å²) in [6.45, 7) is 1.94. The van der Waals surface area contributed by atoms with Gasteiger partial charge in [-0.05, 0) is 43.4 Å². The molecule has 4 rings (SSSR count). The van der Waals surface area contributed by atoms with Gasteiger partial charge in [0.25, 0.3) is 0 Å². The first kappa shape index (κ1) is 16.6. The maximum Gasteiger partial charge on any atom is 0.181 e. The molecule has 0 saturated carbocycles. The Balaban J connectivity index is 1.35. The summed E-state index contributed by atoms with van der Waals surface area (Å²) in [4.78, 5) is 31.7. The lowest BCUT2D eigenvalue weighted by atomic mass is 9.90. The second-order valence-corrected chi connectivity index (χ2v) is 6.67. The van der Waals surface area contributed by atoms with Gasteiger partial charge in [-0.1, -0.05) is 6.07 Å². The van der Waals surface area contributed by atoms with E-state index in [-0.39, 0.29) is 5.78 Å². The SMILES string of the molecule is O=C(CCC1CCN(c2ccnc3nccnc23)CC1)c1ccccn1. The van der Waals surface area contributed by atoms with Crippen LogP contribution >= 0.6 is 0 Å². The lowest BCUT2D eigenvalue weighted by Gasteiger charge is -2.33.